The van der Waals surface area contributed by atoms with Crippen LogP contribution in [0.1, 0.15) is 12.8 Å². The number of ether oxygens (including phenoxy) is 1. The predicted molar refractivity (Wildman–Crippen MR) is 70.5 cm³/mol. The molecule has 0 aromatic carbocycles. The molecule has 0 aromatic rings. The number of rotatable bonds is 3. The van der Waals surface area contributed by atoms with E-state index >= 15 is 0 Å². The Hall–Kier alpha value is -0.650. The van der Waals surface area contributed by atoms with Gasteiger partial charge in [-0.15, -0.1) is 0 Å². The summed E-state index contributed by atoms with van der Waals surface area (Å²) < 4.78 is 5.38. The number of likely N-dealkylation sites (tertiary alicyclic amines) is 1. The van der Waals surface area contributed by atoms with Gasteiger partial charge in [0.1, 0.15) is 0 Å². The number of amides is 1. The lowest BCUT2D eigenvalue weighted by atomic mass is 10.0. The van der Waals surface area contributed by atoms with Gasteiger partial charge in [-0.1, -0.05) is 0 Å². The van der Waals surface area contributed by atoms with Gasteiger partial charge in [0.15, 0.2) is 0 Å². The van der Waals surface area contributed by atoms with E-state index in [1.54, 1.807) is 0 Å². The first kappa shape index (κ1) is 13.8. The fourth-order valence-corrected chi connectivity index (χ4v) is 2.79. The van der Waals surface area contributed by atoms with Crippen molar-refractivity contribution in [3.05, 3.63) is 0 Å². The maximum absolute atomic E-state index is 11.9. The van der Waals surface area contributed by atoms with Gasteiger partial charge in [0.25, 0.3) is 0 Å². The summed E-state index contributed by atoms with van der Waals surface area (Å²) in [7, 11) is 3.89. The third-order valence-electron chi connectivity index (χ3n) is 3.83. The number of morpholine rings is 1. The van der Waals surface area contributed by atoms with Gasteiger partial charge < -0.3 is 14.5 Å². The van der Waals surface area contributed by atoms with Crippen LogP contribution in [0.5, 0.6) is 0 Å². The van der Waals surface area contributed by atoms with Gasteiger partial charge in [-0.3, -0.25) is 9.69 Å². The van der Waals surface area contributed by atoms with Gasteiger partial charge in [0, 0.05) is 32.2 Å². The van der Waals surface area contributed by atoms with Gasteiger partial charge in [0.2, 0.25) is 5.91 Å². The molecule has 0 N–H and O–H groups in total. The van der Waals surface area contributed by atoms with E-state index in [-0.39, 0.29) is 5.91 Å². The zero-order valence-corrected chi connectivity index (χ0v) is 11.6. The first-order valence-corrected chi connectivity index (χ1v) is 6.91. The highest BCUT2D eigenvalue weighted by Crippen LogP contribution is 2.17. The second-order valence-electron chi connectivity index (χ2n) is 5.50. The first-order valence-electron chi connectivity index (χ1n) is 6.91. The molecule has 0 spiro atoms. The molecule has 2 aliphatic rings. The fourth-order valence-electron chi connectivity index (χ4n) is 2.79. The topological polar surface area (TPSA) is 36.0 Å². The van der Waals surface area contributed by atoms with Gasteiger partial charge >= 0.3 is 0 Å². The number of nitrogens with zero attached hydrogens (tertiary/aromatic N) is 3. The summed E-state index contributed by atoms with van der Waals surface area (Å²) in [4.78, 5) is 18.4. The fraction of sp³-hybridized carbons (Fsp3) is 0.923. The summed E-state index contributed by atoms with van der Waals surface area (Å²) in [6.45, 7) is 6.18. The predicted octanol–water partition coefficient (Wildman–Crippen LogP) is -0.129. The lowest BCUT2D eigenvalue weighted by molar-refractivity contribution is -0.133. The molecule has 0 radical (unpaired) electrons. The second-order valence-corrected chi connectivity index (χ2v) is 5.50. The van der Waals surface area contributed by atoms with E-state index in [0.717, 1.165) is 52.2 Å². The van der Waals surface area contributed by atoms with Crippen molar-refractivity contribution >= 4 is 5.91 Å². The molecule has 5 heteroatoms. The summed E-state index contributed by atoms with van der Waals surface area (Å²) in [5.74, 6) is 0.264. The minimum atomic E-state index is 0.264. The summed E-state index contributed by atoms with van der Waals surface area (Å²) in [5, 5.41) is 0. The lowest BCUT2D eigenvalue weighted by Crippen LogP contribution is -2.51. The first-order chi connectivity index (χ1) is 8.66. The van der Waals surface area contributed by atoms with Crippen molar-refractivity contribution in [3.8, 4) is 0 Å². The minimum absolute atomic E-state index is 0.264. The average Bonchev–Trinajstić information content (AvgIpc) is 2.39. The number of hydrogen-bond acceptors (Lipinski definition) is 4. The van der Waals surface area contributed by atoms with Crippen molar-refractivity contribution < 1.29 is 9.53 Å². The Kier molecular flexibility index (Phi) is 4.97. The number of piperidine rings is 1. The van der Waals surface area contributed by atoms with Gasteiger partial charge in [-0.05, 0) is 26.9 Å². The van der Waals surface area contributed by atoms with Crippen molar-refractivity contribution in [3.63, 3.8) is 0 Å². The highest BCUT2D eigenvalue weighted by molar-refractivity contribution is 5.78. The third-order valence-corrected chi connectivity index (χ3v) is 3.83. The van der Waals surface area contributed by atoms with E-state index in [9.17, 15) is 4.79 Å². The Morgan fingerprint density at radius 1 is 1.17 bits per heavy atom. The minimum Gasteiger partial charge on any atom is -0.379 e. The standard InChI is InChI=1S/C13H25N3O2/c1-14(2)11-13(17)16-5-3-12(4-6-16)15-7-9-18-10-8-15/h12H,3-11H2,1-2H3. The summed E-state index contributed by atoms with van der Waals surface area (Å²) in [6.07, 6.45) is 2.22. The van der Waals surface area contributed by atoms with Crippen molar-refractivity contribution in [2.24, 2.45) is 0 Å². The molecule has 5 nitrogen and oxygen atoms in total. The molecule has 0 atom stereocenters. The summed E-state index contributed by atoms with van der Waals surface area (Å²) >= 11 is 0. The van der Waals surface area contributed by atoms with Crippen LogP contribution in [-0.2, 0) is 9.53 Å². The molecular weight excluding hydrogens is 230 g/mol. The highest BCUT2D eigenvalue weighted by atomic mass is 16.5. The molecule has 0 saturated carbocycles. The zero-order chi connectivity index (χ0) is 13.0. The van der Waals surface area contributed by atoms with Crippen molar-refractivity contribution in [1.29, 1.82) is 0 Å². The molecule has 2 heterocycles. The molecule has 18 heavy (non-hydrogen) atoms. The Balaban J connectivity index is 1.75. The van der Waals surface area contributed by atoms with Crippen LogP contribution in [0.2, 0.25) is 0 Å². The van der Waals surface area contributed by atoms with Crippen LogP contribution >= 0.6 is 0 Å². The molecule has 0 bridgehead atoms. The van der Waals surface area contributed by atoms with Crippen LogP contribution in [0.3, 0.4) is 0 Å². The smallest absolute Gasteiger partial charge is 0.236 e. The Morgan fingerprint density at radius 3 is 2.33 bits per heavy atom. The quantitative estimate of drug-likeness (QED) is 0.704. The van der Waals surface area contributed by atoms with Crippen LogP contribution in [0, 0.1) is 0 Å². The molecule has 2 rings (SSSR count). The molecule has 104 valence electrons. The van der Waals surface area contributed by atoms with E-state index in [1.807, 2.05) is 23.9 Å². The number of carbonyl (C=O) groups excluding carboxylic acids is 1. The van der Waals surface area contributed by atoms with E-state index in [1.165, 1.54) is 0 Å². The SMILES string of the molecule is CN(C)CC(=O)N1CCC(N2CCOCC2)CC1. The summed E-state index contributed by atoms with van der Waals surface area (Å²) in [6, 6.07) is 0.650. The normalized spacial score (nSPS) is 23.6. The number of likely N-dealkylation sites (N-methyl/N-ethyl adjacent to an activating group) is 1. The Morgan fingerprint density at radius 2 is 1.78 bits per heavy atom. The van der Waals surface area contributed by atoms with Crippen LogP contribution in [0.4, 0.5) is 0 Å². The van der Waals surface area contributed by atoms with Crippen molar-refractivity contribution in [2.45, 2.75) is 18.9 Å². The monoisotopic (exact) mass is 255 g/mol. The Bertz CT molecular complexity index is 269. The molecule has 1 amide bonds. The maximum Gasteiger partial charge on any atom is 0.236 e. The zero-order valence-electron chi connectivity index (χ0n) is 11.6. The molecule has 2 aliphatic heterocycles. The van der Waals surface area contributed by atoms with E-state index in [4.69, 9.17) is 4.74 Å². The molecule has 0 aliphatic carbocycles. The molecular formula is C13H25N3O2. The van der Waals surface area contributed by atoms with Crippen molar-refractivity contribution in [1.82, 2.24) is 14.7 Å². The molecule has 0 unspecified atom stereocenters. The second kappa shape index (κ2) is 6.50. The van der Waals surface area contributed by atoms with E-state index < -0.39 is 0 Å². The van der Waals surface area contributed by atoms with Crippen LogP contribution in [0.25, 0.3) is 0 Å². The van der Waals surface area contributed by atoms with Crippen LogP contribution in [-0.4, -0.2) is 86.7 Å². The molecule has 2 fully saturated rings. The highest BCUT2D eigenvalue weighted by Gasteiger charge is 2.27. The Labute approximate surface area is 110 Å². The average molecular weight is 255 g/mol. The lowest BCUT2D eigenvalue weighted by Gasteiger charge is -2.40. The van der Waals surface area contributed by atoms with Crippen LogP contribution in [0.15, 0.2) is 0 Å². The van der Waals surface area contributed by atoms with E-state index in [0.29, 0.717) is 12.6 Å². The number of hydrogen-bond donors (Lipinski definition) is 0. The van der Waals surface area contributed by atoms with Gasteiger partial charge in [-0.25, -0.2) is 0 Å². The van der Waals surface area contributed by atoms with Gasteiger partial charge in [0.05, 0.1) is 19.8 Å². The largest absolute Gasteiger partial charge is 0.379 e. The van der Waals surface area contributed by atoms with Crippen LogP contribution < -0.4 is 0 Å². The maximum atomic E-state index is 11.9. The molecule has 2 saturated heterocycles. The number of carbonyl (C=O) groups is 1. The molecule has 0 aromatic heterocycles. The van der Waals surface area contributed by atoms with Gasteiger partial charge in [-0.2, -0.15) is 0 Å². The summed E-state index contributed by atoms with van der Waals surface area (Å²) in [5.41, 5.74) is 0. The third kappa shape index (κ3) is 3.67. The van der Waals surface area contributed by atoms with Crippen molar-refractivity contribution in [2.75, 3.05) is 60.0 Å². The van der Waals surface area contributed by atoms with E-state index in [2.05, 4.69) is 4.90 Å².